The van der Waals surface area contributed by atoms with Crippen LogP contribution in [0.1, 0.15) is 70.8 Å². The largest absolute Gasteiger partial charge is 0.491 e. The first kappa shape index (κ1) is 19.9. The summed E-state index contributed by atoms with van der Waals surface area (Å²) in [5, 5.41) is 0. The number of rotatable bonds is 6. The Bertz CT molecular complexity index is 888. The number of ether oxygens (including phenoxy) is 2. The van der Waals surface area contributed by atoms with Crippen LogP contribution >= 0.6 is 0 Å². The van der Waals surface area contributed by atoms with Gasteiger partial charge in [0.25, 0.3) is 0 Å². The first-order valence-electron chi connectivity index (χ1n) is 10.6. The molecule has 4 N–H and O–H groups in total. The van der Waals surface area contributed by atoms with Crippen molar-refractivity contribution in [2.45, 2.75) is 57.1 Å². The fraction of sp³-hybridized carbons (Fsp3) is 0.458. The number of benzene rings is 2. The lowest BCUT2D eigenvalue weighted by atomic mass is 9.78. The van der Waals surface area contributed by atoms with Crippen LogP contribution in [0.4, 0.5) is 0 Å². The molecule has 1 saturated heterocycles. The van der Waals surface area contributed by atoms with Crippen LogP contribution in [-0.2, 0) is 17.6 Å². The number of hydrogen-bond donors (Lipinski definition) is 2. The second kappa shape index (κ2) is 8.56. The topological polar surface area (TPSA) is 87.6 Å². The van der Waals surface area contributed by atoms with Crippen molar-refractivity contribution >= 4 is 5.91 Å². The first-order chi connectivity index (χ1) is 14.0. The quantitative estimate of drug-likeness (QED) is 0.783. The Morgan fingerprint density at radius 3 is 2.79 bits per heavy atom. The predicted molar refractivity (Wildman–Crippen MR) is 113 cm³/mol. The van der Waals surface area contributed by atoms with Gasteiger partial charge in [-0.25, -0.2) is 0 Å². The van der Waals surface area contributed by atoms with Gasteiger partial charge >= 0.3 is 0 Å². The minimum absolute atomic E-state index is 0.0390. The minimum atomic E-state index is -0.385. The normalized spacial score (nSPS) is 22.1. The smallest absolute Gasteiger partial charge is 0.248 e. The Balaban J connectivity index is 1.55. The molecule has 1 fully saturated rings. The lowest BCUT2D eigenvalue weighted by molar-refractivity contribution is 0.0679. The molecule has 2 aromatic rings. The molecule has 29 heavy (non-hydrogen) atoms. The number of fused-ring (bicyclic) bond motifs is 1. The Labute approximate surface area is 172 Å². The minimum Gasteiger partial charge on any atom is -0.491 e. The fourth-order valence-corrected chi connectivity index (χ4v) is 4.48. The van der Waals surface area contributed by atoms with E-state index in [1.165, 1.54) is 16.7 Å². The molecule has 4 rings (SSSR count). The van der Waals surface area contributed by atoms with Gasteiger partial charge in [-0.15, -0.1) is 0 Å². The van der Waals surface area contributed by atoms with Crippen molar-refractivity contribution in [3.05, 3.63) is 64.2 Å². The molecule has 5 heteroatoms. The number of primary amides is 1. The Hall–Kier alpha value is -2.37. The van der Waals surface area contributed by atoms with E-state index < -0.39 is 0 Å². The summed E-state index contributed by atoms with van der Waals surface area (Å²) in [5.74, 6) is 0.639. The highest BCUT2D eigenvalue weighted by Gasteiger charge is 2.25. The zero-order chi connectivity index (χ0) is 20.4. The van der Waals surface area contributed by atoms with Crippen LogP contribution < -0.4 is 16.2 Å². The SMILES string of the molecule is C[C@@H](N)c1ccc2c(c1)CC[C@H](c1cc(OC[C@@H]3CCCO3)ccc1C(N)=O)C2. The van der Waals surface area contributed by atoms with Gasteiger partial charge in [0, 0.05) is 18.2 Å². The molecule has 0 aromatic heterocycles. The molecule has 2 aliphatic rings. The van der Waals surface area contributed by atoms with Crippen LogP contribution in [0, 0.1) is 0 Å². The van der Waals surface area contributed by atoms with Gasteiger partial charge in [-0.2, -0.15) is 0 Å². The summed E-state index contributed by atoms with van der Waals surface area (Å²) in [4.78, 5) is 12.1. The van der Waals surface area contributed by atoms with Crippen molar-refractivity contribution in [2.75, 3.05) is 13.2 Å². The molecule has 1 amide bonds. The van der Waals surface area contributed by atoms with Gasteiger partial charge in [0.15, 0.2) is 0 Å². The second-order valence-corrected chi connectivity index (χ2v) is 8.32. The molecular weight excluding hydrogens is 364 g/mol. The van der Waals surface area contributed by atoms with Gasteiger partial charge < -0.3 is 20.9 Å². The van der Waals surface area contributed by atoms with E-state index in [-0.39, 0.29) is 24.0 Å². The van der Waals surface area contributed by atoms with Gasteiger partial charge in [0.05, 0.1) is 6.10 Å². The molecule has 0 spiro atoms. The Kier molecular flexibility index (Phi) is 5.88. The summed E-state index contributed by atoms with van der Waals surface area (Å²) in [6.45, 7) is 3.36. The lowest BCUT2D eigenvalue weighted by Crippen LogP contribution is -2.20. The summed E-state index contributed by atoms with van der Waals surface area (Å²) in [6.07, 6.45) is 5.13. The van der Waals surface area contributed by atoms with Crippen LogP contribution in [0.2, 0.25) is 0 Å². The van der Waals surface area contributed by atoms with E-state index in [4.69, 9.17) is 20.9 Å². The van der Waals surface area contributed by atoms with E-state index in [9.17, 15) is 4.79 Å². The van der Waals surface area contributed by atoms with Crippen molar-refractivity contribution < 1.29 is 14.3 Å². The van der Waals surface area contributed by atoms with Crippen molar-refractivity contribution in [2.24, 2.45) is 11.5 Å². The third kappa shape index (κ3) is 4.46. The van der Waals surface area contributed by atoms with E-state index in [1.807, 2.05) is 19.1 Å². The molecular formula is C24H30N2O3. The van der Waals surface area contributed by atoms with Gasteiger partial charge in [0.2, 0.25) is 5.91 Å². The fourth-order valence-electron chi connectivity index (χ4n) is 4.48. The van der Waals surface area contributed by atoms with Crippen LogP contribution in [0.3, 0.4) is 0 Å². The van der Waals surface area contributed by atoms with Crippen LogP contribution in [0.25, 0.3) is 0 Å². The van der Waals surface area contributed by atoms with E-state index in [0.717, 1.165) is 50.0 Å². The maximum absolute atomic E-state index is 12.1. The number of nitrogens with two attached hydrogens (primary N) is 2. The Morgan fingerprint density at radius 1 is 1.21 bits per heavy atom. The number of carbonyl (C=O) groups is 1. The molecule has 154 valence electrons. The molecule has 1 heterocycles. The van der Waals surface area contributed by atoms with Gasteiger partial charge in [-0.1, -0.05) is 18.2 Å². The molecule has 0 bridgehead atoms. The number of aryl methyl sites for hydroxylation is 1. The highest BCUT2D eigenvalue weighted by molar-refractivity contribution is 5.94. The maximum Gasteiger partial charge on any atom is 0.248 e. The molecule has 0 unspecified atom stereocenters. The average Bonchev–Trinajstić information content (AvgIpc) is 3.24. The molecule has 3 atom stereocenters. The monoisotopic (exact) mass is 394 g/mol. The Morgan fingerprint density at radius 2 is 2.07 bits per heavy atom. The third-order valence-electron chi connectivity index (χ3n) is 6.17. The molecule has 2 aromatic carbocycles. The van der Waals surface area contributed by atoms with Gasteiger partial charge in [0.1, 0.15) is 12.4 Å². The summed E-state index contributed by atoms with van der Waals surface area (Å²) in [6, 6.07) is 12.2. The zero-order valence-corrected chi connectivity index (χ0v) is 17.0. The number of carbonyl (C=O) groups excluding carboxylic acids is 1. The maximum atomic E-state index is 12.1. The van der Waals surface area contributed by atoms with Crippen LogP contribution in [-0.4, -0.2) is 25.2 Å². The van der Waals surface area contributed by atoms with Crippen molar-refractivity contribution in [1.82, 2.24) is 0 Å². The summed E-state index contributed by atoms with van der Waals surface area (Å²) < 4.78 is 11.6. The molecule has 1 aliphatic carbocycles. The van der Waals surface area contributed by atoms with Gasteiger partial charge in [-0.3, -0.25) is 4.79 Å². The second-order valence-electron chi connectivity index (χ2n) is 8.32. The van der Waals surface area contributed by atoms with E-state index >= 15 is 0 Å². The van der Waals surface area contributed by atoms with Crippen molar-refractivity contribution in [1.29, 1.82) is 0 Å². The van der Waals surface area contributed by atoms with Crippen molar-refractivity contribution in [3.63, 3.8) is 0 Å². The zero-order valence-electron chi connectivity index (χ0n) is 17.0. The molecule has 1 aliphatic heterocycles. The highest BCUT2D eigenvalue weighted by atomic mass is 16.5. The average molecular weight is 395 g/mol. The first-order valence-corrected chi connectivity index (χ1v) is 10.6. The molecule has 5 nitrogen and oxygen atoms in total. The summed E-state index contributed by atoms with van der Waals surface area (Å²) in [7, 11) is 0. The summed E-state index contributed by atoms with van der Waals surface area (Å²) in [5.41, 5.74) is 17.2. The van der Waals surface area contributed by atoms with E-state index in [1.54, 1.807) is 6.07 Å². The molecule has 0 saturated carbocycles. The van der Waals surface area contributed by atoms with E-state index in [0.29, 0.717) is 12.2 Å². The number of amides is 1. The number of hydrogen-bond acceptors (Lipinski definition) is 4. The third-order valence-corrected chi connectivity index (χ3v) is 6.17. The lowest BCUT2D eigenvalue weighted by Gasteiger charge is -2.27. The predicted octanol–water partition coefficient (Wildman–Crippen LogP) is 3.64. The van der Waals surface area contributed by atoms with E-state index in [2.05, 4.69) is 18.2 Å². The standard InChI is InChI=1S/C24H30N2O3/c1-15(25)16-4-5-18-12-19(7-6-17(18)11-16)23-13-20(8-9-22(23)24(26)27)29-14-21-3-2-10-28-21/h4-5,8-9,11,13,15,19,21H,2-3,6-7,10,12,14,25H2,1H3,(H2,26,27)/t15-,19+,21+/m1/s1. The van der Waals surface area contributed by atoms with Crippen molar-refractivity contribution in [3.8, 4) is 5.75 Å². The van der Waals surface area contributed by atoms with Crippen LogP contribution in [0.5, 0.6) is 5.75 Å². The van der Waals surface area contributed by atoms with Crippen LogP contribution in [0.15, 0.2) is 36.4 Å². The highest BCUT2D eigenvalue weighted by Crippen LogP contribution is 2.36. The van der Waals surface area contributed by atoms with Gasteiger partial charge in [-0.05, 0) is 85.4 Å². The summed E-state index contributed by atoms with van der Waals surface area (Å²) >= 11 is 0. The molecule has 0 radical (unpaired) electrons.